The number of fused-ring (bicyclic) bond motifs is 1. The molecule has 38 heavy (non-hydrogen) atoms. The lowest BCUT2D eigenvalue weighted by Gasteiger charge is -2.34. The van der Waals surface area contributed by atoms with Crippen LogP contribution in [-0.4, -0.2) is 0 Å². The lowest BCUT2D eigenvalue weighted by atomic mass is 9.69. The molecular formula is C38H46. The summed E-state index contributed by atoms with van der Waals surface area (Å²) in [6, 6.07) is 14.1. The third-order valence-electron chi connectivity index (χ3n) is 8.66. The van der Waals surface area contributed by atoms with E-state index in [1.165, 1.54) is 66.8 Å². The zero-order valence-electron chi connectivity index (χ0n) is 24.6. The normalized spacial score (nSPS) is 20.1. The first kappa shape index (κ1) is 27.9. The van der Waals surface area contributed by atoms with Crippen molar-refractivity contribution in [3.63, 3.8) is 0 Å². The summed E-state index contributed by atoms with van der Waals surface area (Å²) >= 11 is 0. The molecule has 0 heterocycles. The standard InChI is InChI=1S/C38H46/c1-10-14-25(7)36-26(8)19-34-22-32(21-33-20-29(12-3)30(13-4)23-35(33)24(5)6)27(9)37(34)38(36)31-17-15-28(11-2)16-18-31/h15-21,23,37-38H,5,7,9-14,22H2,1-4,6,8H3. The van der Waals surface area contributed by atoms with Gasteiger partial charge < -0.3 is 0 Å². The molecule has 2 aliphatic carbocycles. The average Bonchev–Trinajstić information content (AvgIpc) is 3.21. The van der Waals surface area contributed by atoms with Crippen molar-refractivity contribution in [2.75, 3.05) is 0 Å². The van der Waals surface area contributed by atoms with E-state index in [9.17, 15) is 0 Å². The molecule has 0 saturated heterocycles. The fourth-order valence-corrected chi connectivity index (χ4v) is 6.63. The molecular weight excluding hydrogens is 456 g/mol. The summed E-state index contributed by atoms with van der Waals surface area (Å²) < 4.78 is 0. The van der Waals surface area contributed by atoms with E-state index >= 15 is 0 Å². The fourth-order valence-electron chi connectivity index (χ4n) is 6.63. The summed E-state index contributed by atoms with van der Waals surface area (Å²) in [6.07, 6.45) is 11.1. The summed E-state index contributed by atoms with van der Waals surface area (Å²) in [4.78, 5) is 0. The van der Waals surface area contributed by atoms with Gasteiger partial charge in [-0.1, -0.05) is 119 Å². The number of benzene rings is 2. The highest BCUT2D eigenvalue weighted by molar-refractivity contribution is 5.77. The van der Waals surface area contributed by atoms with Gasteiger partial charge in [0, 0.05) is 11.8 Å². The summed E-state index contributed by atoms with van der Waals surface area (Å²) in [5.41, 5.74) is 17.5. The van der Waals surface area contributed by atoms with Crippen LogP contribution in [0.2, 0.25) is 0 Å². The zero-order valence-corrected chi connectivity index (χ0v) is 24.6. The van der Waals surface area contributed by atoms with Crippen molar-refractivity contribution in [3.05, 3.63) is 129 Å². The van der Waals surface area contributed by atoms with E-state index < -0.39 is 0 Å². The molecule has 0 aromatic heterocycles. The van der Waals surface area contributed by atoms with Crippen molar-refractivity contribution >= 4 is 11.6 Å². The first-order chi connectivity index (χ1) is 18.2. The minimum Gasteiger partial charge on any atom is -0.0955 e. The highest BCUT2D eigenvalue weighted by Crippen LogP contribution is 2.55. The van der Waals surface area contributed by atoms with Crippen LogP contribution >= 0.6 is 0 Å². The monoisotopic (exact) mass is 502 g/mol. The van der Waals surface area contributed by atoms with Crippen LogP contribution in [0.15, 0.2) is 95.6 Å². The van der Waals surface area contributed by atoms with Crippen molar-refractivity contribution < 1.29 is 0 Å². The van der Waals surface area contributed by atoms with E-state index in [1.807, 2.05) is 0 Å². The molecule has 0 aliphatic heterocycles. The molecule has 0 N–H and O–H groups in total. The van der Waals surface area contributed by atoms with Crippen molar-refractivity contribution in [1.82, 2.24) is 0 Å². The van der Waals surface area contributed by atoms with Crippen molar-refractivity contribution in [3.8, 4) is 0 Å². The van der Waals surface area contributed by atoms with Gasteiger partial charge in [-0.15, -0.1) is 0 Å². The molecule has 0 spiro atoms. The molecule has 1 fully saturated rings. The van der Waals surface area contributed by atoms with Crippen molar-refractivity contribution in [2.45, 2.75) is 86.0 Å². The highest BCUT2D eigenvalue weighted by Gasteiger charge is 2.40. The first-order valence-corrected chi connectivity index (χ1v) is 14.6. The molecule has 0 heteroatoms. The molecule has 2 atom stereocenters. The SMILES string of the molecule is C=C(CCC)C1=C(C)C=C2CC(=Cc3cc(CC)c(CC)cc3C(=C)C)C(=C)C2C1c1ccc(CC)cc1. The summed E-state index contributed by atoms with van der Waals surface area (Å²) in [7, 11) is 0. The van der Waals surface area contributed by atoms with Crippen molar-refractivity contribution in [2.24, 2.45) is 5.92 Å². The first-order valence-electron chi connectivity index (χ1n) is 14.6. The van der Waals surface area contributed by atoms with Gasteiger partial charge in [0.05, 0.1) is 0 Å². The zero-order chi connectivity index (χ0) is 27.6. The Morgan fingerprint density at radius 1 is 0.921 bits per heavy atom. The Labute approximate surface area is 232 Å². The maximum atomic E-state index is 4.76. The van der Waals surface area contributed by atoms with Gasteiger partial charge in [-0.25, -0.2) is 0 Å². The number of hydrogen-bond acceptors (Lipinski definition) is 0. The van der Waals surface area contributed by atoms with Gasteiger partial charge in [0.25, 0.3) is 0 Å². The van der Waals surface area contributed by atoms with Gasteiger partial charge >= 0.3 is 0 Å². The molecule has 0 bridgehead atoms. The topological polar surface area (TPSA) is 0 Å². The molecule has 1 saturated carbocycles. The number of rotatable bonds is 9. The number of hydrogen-bond donors (Lipinski definition) is 0. The predicted molar refractivity (Wildman–Crippen MR) is 169 cm³/mol. The van der Waals surface area contributed by atoms with Gasteiger partial charge in [-0.3, -0.25) is 0 Å². The Balaban J connectivity index is 1.83. The van der Waals surface area contributed by atoms with Crippen LogP contribution in [-0.2, 0) is 19.3 Å². The third kappa shape index (κ3) is 5.24. The Morgan fingerprint density at radius 3 is 2.16 bits per heavy atom. The van der Waals surface area contributed by atoms with E-state index in [0.29, 0.717) is 0 Å². The second-order valence-corrected chi connectivity index (χ2v) is 11.3. The summed E-state index contributed by atoms with van der Waals surface area (Å²) in [5.74, 6) is 0.558. The van der Waals surface area contributed by atoms with Gasteiger partial charge in [-0.2, -0.15) is 0 Å². The second-order valence-electron chi connectivity index (χ2n) is 11.3. The van der Waals surface area contributed by atoms with Crippen LogP contribution in [0.3, 0.4) is 0 Å². The van der Waals surface area contributed by atoms with Crippen LogP contribution in [0, 0.1) is 5.92 Å². The largest absolute Gasteiger partial charge is 0.0955 e. The summed E-state index contributed by atoms with van der Waals surface area (Å²) in [5, 5.41) is 0. The molecule has 2 unspecified atom stereocenters. The number of allylic oxidation sites excluding steroid dienone is 8. The minimum atomic E-state index is 0.271. The van der Waals surface area contributed by atoms with E-state index in [2.05, 4.69) is 103 Å². The van der Waals surface area contributed by atoms with Gasteiger partial charge in [0.2, 0.25) is 0 Å². The Bertz CT molecular complexity index is 1350. The maximum Gasteiger partial charge on any atom is 0.0201 e. The molecule has 2 aliphatic rings. The molecule has 2 aromatic rings. The lowest BCUT2D eigenvalue weighted by Crippen LogP contribution is -2.21. The molecule has 0 amide bonds. The molecule has 198 valence electrons. The van der Waals surface area contributed by atoms with E-state index in [4.69, 9.17) is 6.58 Å². The summed E-state index contributed by atoms with van der Waals surface area (Å²) in [6.45, 7) is 27.1. The minimum absolute atomic E-state index is 0.271. The van der Waals surface area contributed by atoms with Crippen molar-refractivity contribution in [1.29, 1.82) is 0 Å². The van der Waals surface area contributed by atoms with Gasteiger partial charge in [0.15, 0.2) is 0 Å². The molecule has 0 nitrogen and oxygen atoms in total. The molecule has 0 radical (unpaired) electrons. The van der Waals surface area contributed by atoms with Crippen LogP contribution in [0.5, 0.6) is 0 Å². The highest BCUT2D eigenvalue weighted by atomic mass is 14.4. The van der Waals surface area contributed by atoms with Crippen LogP contribution in [0.4, 0.5) is 0 Å². The van der Waals surface area contributed by atoms with E-state index in [0.717, 1.165) is 44.1 Å². The van der Waals surface area contributed by atoms with Crippen LogP contribution in [0.1, 0.15) is 100 Å². The smallest absolute Gasteiger partial charge is 0.0201 e. The fraction of sp³-hybridized carbons (Fsp3) is 0.368. The Morgan fingerprint density at radius 2 is 1.58 bits per heavy atom. The number of aryl methyl sites for hydroxylation is 3. The van der Waals surface area contributed by atoms with Crippen LogP contribution in [0.25, 0.3) is 11.6 Å². The van der Waals surface area contributed by atoms with Gasteiger partial charge in [0.1, 0.15) is 0 Å². The maximum absolute atomic E-state index is 4.76. The quantitative estimate of drug-likeness (QED) is 0.320. The van der Waals surface area contributed by atoms with Crippen LogP contribution < -0.4 is 0 Å². The van der Waals surface area contributed by atoms with Gasteiger partial charge in [-0.05, 0) is 102 Å². The lowest BCUT2D eigenvalue weighted by molar-refractivity contribution is 0.619. The molecule has 2 aromatic carbocycles. The average molecular weight is 503 g/mol. The Hall–Kier alpha value is -3.12. The third-order valence-corrected chi connectivity index (χ3v) is 8.66. The Kier molecular flexibility index (Phi) is 8.61. The van der Waals surface area contributed by atoms with E-state index in [1.54, 1.807) is 0 Å². The second kappa shape index (κ2) is 11.7. The molecule has 4 rings (SSSR count). The predicted octanol–water partition coefficient (Wildman–Crippen LogP) is 10.8. The van der Waals surface area contributed by atoms with E-state index in [-0.39, 0.29) is 11.8 Å².